The third kappa shape index (κ3) is 24.1. The van der Waals surface area contributed by atoms with Gasteiger partial charge in [-0.2, -0.15) is 0 Å². The van der Waals surface area contributed by atoms with Gasteiger partial charge in [0.1, 0.15) is 12.1 Å². The van der Waals surface area contributed by atoms with Gasteiger partial charge in [-0.1, -0.05) is 13.3 Å². The molecule has 0 aliphatic carbocycles. The van der Waals surface area contributed by atoms with E-state index < -0.39 is 40.3 Å². The molecule has 1 saturated heterocycles. The molecule has 0 aromatic carbocycles. The first kappa shape index (κ1) is 54.8. The van der Waals surface area contributed by atoms with E-state index in [4.69, 9.17) is 10.5 Å². The summed E-state index contributed by atoms with van der Waals surface area (Å²) in [6.07, 6.45) is 5.09. The van der Waals surface area contributed by atoms with Crippen LogP contribution in [0.25, 0.3) is 0 Å². The number of unbranched alkanes of at least 4 members (excludes halogenated alkanes) is 3. The smallest absolute Gasteiger partial charge is 0.242 e. The highest BCUT2D eigenvalue weighted by Crippen LogP contribution is 2.26. The zero-order chi connectivity index (χ0) is 46.0. The van der Waals surface area contributed by atoms with Crippen LogP contribution < -0.4 is 42.9 Å². The molecule has 1 heterocycles. The van der Waals surface area contributed by atoms with Crippen LogP contribution >= 0.6 is 11.8 Å². The summed E-state index contributed by atoms with van der Waals surface area (Å²) in [6, 6.07) is -1.70. The van der Waals surface area contributed by atoms with Gasteiger partial charge in [-0.3, -0.25) is 48.1 Å². The number of hydrogen-bond acceptors (Lipinski definition) is 12. The van der Waals surface area contributed by atoms with Gasteiger partial charge in [-0.05, 0) is 85.4 Å². The number of likely N-dealkylation sites (N-methyl/N-ethyl adjacent to an activating group) is 1. The quantitative estimate of drug-likeness (QED) is 0.0229. The number of primary amides is 1. The topological polar surface area (TPSA) is 276 Å². The lowest BCUT2D eigenvalue weighted by atomic mass is 9.99. The second-order valence-electron chi connectivity index (χ2n) is 16.4. The number of imide groups is 1. The van der Waals surface area contributed by atoms with Crippen LogP contribution in [-0.2, 0) is 47.9 Å². The molecule has 1 aliphatic heterocycles. The summed E-state index contributed by atoms with van der Waals surface area (Å²) in [6.45, 7) is 10.9. The van der Waals surface area contributed by atoms with Gasteiger partial charge in [-0.25, -0.2) is 0 Å². The molecular weight excluding hydrogens is 809 g/mol. The Labute approximate surface area is 366 Å². The molecule has 346 valence electrons. The molecular formula is C40H72BN9O10S. The first-order chi connectivity index (χ1) is 28.7. The lowest BCUT2D eigenvalue weighted by Gasteiger charge is -2.30. The molecule has 0 bridgehead atoms. The molecule has 0 aromatic rings. The SMILES string of the molecule is BNC(=O)[C@H](CC(=O)NCCNC)NC(=O)CCCCCSC1CC(=O)N(CCC(=O)NC(C)(C)CCOC(C)(C)CCC(=O)NCCCC[C@H](NC(=O)CC)C(N)=O)C1=O. The Kier molecular flexibility index (Phi) is 26.2. The predicted octanol–water partition coefficient (Wildman–Crippen LogP) is -0.801. The number of amides is 9. The Bertz CT molecular complexity index is 1490. The maximum atomic E-state index is 13.0. The van der Waals surface area contributed by atoms with E-state index in [-0.39, 0.29) is 86.4 Å². The summed E-state index contributed by atoms with van der Waals surface area (Å²) in [7, 11) is 3.19. The Morgan fingerprint density at radius 1 is 0.820 bits per heavy atom. The maximum absolute atomic E-state index is 13.0. The number of nitrogens with two attached hydrogens (primary N) is 1. The van der Waals surface area contributed by atoms with E-state index >= 15 is 0 Å². The molecule has 1 aliphatic rings. The van der Waals surface area contributed by atoms with Crippen molar-refractivity contribution < 1.29 is 47.9 Å². The lowest BCUT2D eigenvalue weighted by Crippen LogP contribution is -2.48. The number of nitrogens with zero attached hydrogens (tertiary/aromatic N) is 1. The summed E-state index contributed by atoms with van der Waals surface area (Å²) < 4.78 is 6.07. The van der Waals surface area contributed by atoms with Gasteiger partial charge in [0.15, 0.2) is 0 Å². The van der Waals surface area contributed by atoms with Gasteiger partial charge in [0.05, 0.1) is 17.3 Å². The average molecular weight is 882 g/mol. The van der Waals surface area contributed by atoms with Crippen LogP contribution in [0.3, 0.4) is 0 Å². The Hall–Kier alpha value is -4.24. The van der Waals surface area contributed by atoms with Crippen molar-refractivity contribution in [2.45, 2.75) is 153 Å². The van der Waals surface area contributed by atoms with E-state index in [2.05, 4.69) is 37.1 Å². The molecule has 3 atom stereocenters. The number of ether oxygens (including phenoxy) is 1. The van der Waals surface area contributed by atoms with E-state index in [0.29, 0.717) is 83.4 Å². The van der Waals surface area contributed by atoms with Crippen LogP contribution in [0.1, 0.15) is 125 Å². The minimum atomic E-state index is -0.975. The highest BCUT2D eigenvalue weighted by atomic mass is 32.2. The standard InChI is InChI=1S/C40H72BN9O10S/c1-7-30(51)46-27(36(42)57)13-10-11-19-44-31(52)15-17-40(4,5)60-23-18-39(2,3)48-33(54)16-22-50-35(56)26-29(38(50)59)61-24-12-8-9-14-32(53)47-28(37(58)49-41)25-34(55)45-21-20-43-6/h27-29,43H,7-26,41H2,1-6H3,(H2,42,57)(H,44,52)(H,45,55)(H,46,51)(H,47,53)(H,48,54)(H,49,58)/t27-,28-,29?/m0/s1. The number of nitrogens with one attached hydrogen (secondary N) is 7. The van der Waals surface area contributed by atoms with E-state index in [1.54, 1.807) is 14.0 Å². The number of carbonyl (C=O) groups excluding carboxylic acids is 9. The number of thioether (sulfide) groups is 1. The van der Waals surface area contributed by atoms with E-state index in [1.165, 1.54) is 19.7 Å². The fourth-order valence-corrected chi connectivity index (χ4v) is 7.38. The van der Waals surface area contributed by atoms with Crippen LogP contribution in [0, 0.1) is 0 Å². The van der Waals surface area contributed by atoms with E-state index in [1.807, 2.05) is 27.7 Å². The van der Waals surface area contributed by atoms with Gasteiger partial charge in [0.25, 0.3) is 0 Å². The van der Waals surface area contributed by atoms with Crippen LogP contribution in [0.2, 0.25) is 0 Å². The monoisotopic (exact) mass is 882 g/mol. The van der Waals surface area contributed by atoms with Gasteiger partial charge in [-0.15, -0.1) is 11.8 Å². The summed E-state index contributed by atoms with van der Waals surface area (Å²) in [5.74, 6) is -2.40. The summed E-state index contributed by atoms with van der Waals surface area (Å²) in [5, 5.41) is 18.6. The second kappa shape index (κ2) is 29.1. The number of rotatable bonds is 33. The van der Waals surface area contributed by atoms with Crippen LogP contribution in [-0.4, -0.2) is 140 Å². The zero-order valence-corrected chi connectivity index (χ0v) is 38.2. The highest BCUT2D eigenvalue weighted by molar-refractivity contribution is 8.00. The third-order valence-corrected chi connectivity index (χ3v) is 11.3. The highest BCUT2D eigenvalue weighted by Gasteiger charge is 2.39. The molecule has 1 rings (SSSR count). The van der Waals surface area contributed by atoms with E-state index in [0.717, 1.165) is 4.90 Å². The van der Waals surface area contributed by atoms with Crippen molar-refractivity contribution in [3.8, 4) is 0 Å². The molecule has 21 heteroatoms. The average Bonchev–Trinajstić information content (AvgIpc) is 3.46. The van der Waals surface area contributed by atoms with Crippen molar-refractivity contribution in [1.29, 1.82) is 0 Å². The molecule has 19 nitrogen and oxygen atoms in total. The van der Waals surface area contributed by atoms with Crippen molar-refractivity contribution in [2.75, 3.05) is 45.6 Å². The lowest BCUT2D eigenvalue weighted by molar-refractivity contribution is -0.139. The molecule has 9 amide bonds. The molecule has 0 spiro atoms. The third-order valence-electron chi connectivity index (χ3n) is 10.0. The van der Waals surface area contributed by atoms with Crippen LogP contribution in [0.15, 0.2) is 0 Å². The molecule has 0 radical (unpaired) electrons. The summed E-state index contributed by atoms with van der Waals surface area (Å²) >= 11 is 1.38. The number of likely N-dealkylation sites (tertiary alicyclic amines) is 1. The molecule has 61 heavy (non-hydrogen) atoms. The van der Waals surface area contributed by atoms with Crippen molar-refractivity contribution in [2.24, 2.45) is 5.73 Å². The normalized spacial score (nSPS) is 15.1. The predicted molar refractivity (Wildman–Crippen MR) is 235 cm³/mol. The van der Waals surface area contributed by atoms with Gasteiger partial charge >= 0.3 is 0 Å². The Morgan fingerprint density at radius 3 is 2.16 bits per heavy atom. The Morgan fingerprint density at radius 2 is 1.51 bits per heavy atom. The van der Waals surface area contributed by atoms with Crippen molar-refractivity contribution in [3.63, 3.8) is 0 Å². The van der Waals surface area contributed by atoms with Gasteiger partial charge in [0.2, 0.25) is 61.1 Å². The van der Waals surface area contributed by atoms with Crippen molar-refractivity contribution in [3.05, 3.63) is 0 Å². The first-order valence-electron chi connectivity index (χ1n) is 21.4. The number of hydrogen-bond donors (Lipinski definition) is 8. The molecule has 0 aromatic heterocycles. The van der Waals surface area contributed by atoms with Crippen molar-refractivity contribution >= 4 is 72.9 Å². The summed E-state index contributed by atoms with van der Waals surface area (Å²) in [4.78, 5) is 112. The van der Waals surface area contributed by atoms with Crippen LogP contribution in [0.4, 0.5) is 0 Å². The minimum absolute atomic E-state index is 0.0168. The molecule has 1 fully saturated rings. The van der Waals surface area contributed by atoms with Gasteiger partial charge in [0, 0.05) is 70.4 Å². The Balaban J connectivity index is 2.33. The number of carbonyl (C=O) groups is 9. The summed E-state index contributed by atoms with van der Waals surface area (Å²) in [5.41, 5.74) is 4.13. The fourth-order valence-electron chi connectivity index (χ4n) is 6.20. The van der Waals surface area contributed by atoms with E-state index in [9.17, 15) is 43.2 Å². The fraction of sp³-hybridized carbons (Fsp3) is 0.775. The second-order valence-corrected chi connectivity index (χ2v) is 17.7. The first-order valence-corrected chi connectivity index (χ1v) is 22.5. The van der Waals surface area contributed by atoms with Gasteiger partial charge < -0.3 is 47.6 Å². The zero-order valence-electron chi connectivity index (χ0n) is 37.4. The molecule has 0 saturated carbocycles. The maximum Gasteiger partial charge on any atom is 0.242 e. The van der Waals surface area contributed by atoms with Crippen molar-refractivity contribution in [1.82, 2.24) is 42.0 Å². The minimum Gasteiger partial charge on any atom is -0.404 e. The molecule has 9 N–H and O–H groups in total. The largest absolute Gasteiger partial charge is 0.404 e. The van der Waals surface area contributed by atoms with Crippen LogP contribution in [0.5, 0.6) is 0 Å². The molecule has 1 unspecified atom stereocenters.